The number of halogens is 3. The first-order valence-electron chi connectivity index (χ1n) is 7.71. The second-order valence-electron chi connectivity index (χ2n) is 5.26. The standard InChI is InChI=1S/C18H16ClF2NO5/c1-10(26-17(24)12-9-11(19)7-8-14(12)25-2)16(23)22-13-5-3-4-6-15(13)27-18(20)21/h3-10,18H,1-2H3,(H,22,23)/t10-/m0/s1. The Kier molecular flexibility index (Phi) is 6.95. The lowest BCUT2D eigenvalue weighted by atomic mass is 10.2. The van der Waals surface area contributed by atoms with Crippen LogP contribution in [-0.4, -0.2) is 31.7 Å². The van der Waals surface area contributed by atoms with Gasteiger partial charge in [-0.05, 0) is 37.3 Å². The quantitative estimate of drug-likeness (QED) is 0.708. The van der Waals surface area contributed by atoms with Gasteiger partial charge in [-0.2, -0.15) is 8.78 Å². The van der Waals surface area contributed by atoms with Crippen LogP contribution in [0.25, 0.3) is 0 Å². The second-order valence-corrected chi connectivity index (χ2v) is 5.69. The number of para-hydroxylation sites is 2. The predicted molar refractivity (Wildman–Crippen MR) is 94.6 cm³/mol. The van der Waals surface area contributed by atoms with Crippen molar-refractivity contribution in [3.05, 3.63) is 53.1 Å². The number of alkyl halides is 2. The van der Waals surface area contributed by atoms with Crippen molar-refractivity contribution in [2.24, 2.45) is 0 Å². The van der Waals surface area contributed by atoms with Crippen LogP contribution in [0.3, 0.4) is 0 Å². The normalized spacial score (nSPS) is 11.6. The van der Waals surface area contributed by atoms with Gasteiger partial charge in [0, 0.05) is 5.02 Å². The molecular weight excluding hydrogens is 384 g/mol. The molecule has 0 aliphatic rings. The molecule has 2 aromatic rings. The van der Waals surface area contributed by atoms with E-state index < -0.39 is 24.6 Å². The average Bonchev–Trinajstić information content (AvgIpc) is 2.62. The number of nitrogens with one attached hydrogen (secondary N) is 1. The van der Waals surface area contributed by atoms with Gasteiger partial charge in [-0.3, -0.25) is 4.79 Å². The Balaban J connectivity index is 2.08. The van der Waals surface area contributed by atoms with Crippen LogP contribution in [-0.2, 0) is 9.53 Å². The maximum atomic E-state index is 12.4. The Hall–Kier alpha value is -2.87. The van der Waals surface area contributed by atoms with Crippen molar-refractivity contribution in [3.8, 4) is 11.5 Å². The molecular formula is C18H16ClF2NO5. The maximum Gasteiger partial charge on any atom is 0.387 e. The number of amides is 1. The summed E-state index contributed by atoms with van der Waals surface area (Å²) in [6.45, 7) is -1.71. The van der Waals surface area contributed by atoms with Crippen molar-refractivity contribution in [3.63, 3.8) is 0 Å². The van der Waals surface area contributed by atoms with E-state index in [1.807, 2.05) is 0 Å². The number of ether oxygens (including phenoxy) is 3. The SMILES string of the molecule is COc1ccc(Cl)cc1C(=O)O[C@@H](C)C(=O)Nc1ccccc1OC(F)F. The van der Waals surface area contributed by atoms with Gasteiger partial charge in [0.1, 0.15) is 17.1 Å². The number of hydrogen-bond acceptors (Lipinski definition) is 5. The third-order valence-corrected chi connectivity index (χ3v) is 3.63. The van der Waals surface area contributed by atoms with Crippen LogP contribution in [0.15, 0.2) is 42.5 Å². The molecule has 0 saturated heterocycles. The number of benzene rings is 2. The molecule has 0 heterocycles. The number of anilines is 1. The Morgan fingerprint density at radius 1 is 1.11 bits per heavy atom. The summed E-state index contributed by atoms with van der Waals surface area (Å²) in [6.07, 6.45) is -1.22. The molecule has 0 aliphatic carbocycles. The highest BCUT2D eigenvalue weighted by molar-refractivity contribution is 6.31. The molecule has 9 heteroatoms. The molecule has 1 atom stereocenters. The first kappa shape index (κ1) is 20.4. The van der Waals surface area contributed by atoms with E-state index in [-0.39, 0.29) is 27.8 Å². The van der Waals surface area contributed by atoms with E-state index in [0.29, 0.717) is 0 Å². The molecule has 2 aromatic carbocycles. The van der Waals surface area contributed by atoms with Crippen LogP contribution >= 0.6 is 11.6 Å². The fourth-order valence-corrected chi connectivity index (χ4v) is 2.29. The molecule has 0 fully saturated rings. The number of esters is 1. The molecule has 0 radical (unpaired) electrons. The van der Waals surface area contributed by atoms with E-state index in [1.165, 1.54) is 56.5 Å². The van der Waals surface area contributed by atoms with Gasteiger partial charge >= 0.3 is 12.6 Å². The largest absolute Gasteiger partial charge is 0.496 e. The summed E-state index contributed by atoms with van der Waals surface area (Å²) in [6, 6.07) is 10.0. The van der Waals surface area contributed by atoms with Gasteiger partial charge in [0.25, 0.3) is 5.91 Å². The van der Waals surface area contributed by atoms with Crippen LogP contribution in [0.1, 0.15) is 17.3 Å². The van der Waals surface area contributed by atoms with Crippen molar-refractivity contribution < 1.29 is 32.6 Å². The maximum absolute atomic E-state index is 12.4. The summed E-state index contributed by atoms with van der Waals surface area (Å²) in [5, 5.41) is 2.67. The lowest BCUT2D eigenvalue weighted by Gasteiger charge is -2.16. The minimum Gasteiger partial charge on any atom is -0.496 e. The van der Waals surface area contributed by atoms with E-state index in [9.17, 15) is 18.4 Å². The minimum atomic E-state index is -3.05. The smallest absolute Gasteiger partial charge is 0.387 e. The number of methoxy groups -OCH3 is 1. The van der Waals surface area contributed by atoms with Gasteiger partial charge in [0.05, 0.1) is 12.8 Å². The van der Waals surface area contributed by atoms with Gasteiger partial charge in [-0.25, -0.2) is 4.79 Å². The number of hydrogen-bond donors (Lipinski definition) is 1. The predicted octanol–water partition coefficient (Wildman–Crippen LogP) is 4.13. The Labute approximate surface area is 159 Å². The highest BCUT2D eigenvalue weighted by Gasteiger charge is 2.23. The van der Waals surface area contributed by atoms with Gasteiger partial charge in [-0.15, -0.1) is 0 Å². The van der Waals surface area contributed by atoms with Crippen LogP contribution in [0, 0.1) is 0 Å². The van der Waals surface area contributed by atoms with Gasteiger partial charge in [0.2, 0.25) is 0 Å². The van der Waals surface area contributed by atoms with E-state index >= 15 is 0 Å². The van der Waals surface area contributed by atoms with Crippen LogP contribution < -0.4 is 14.8 Å². The molecule has 0 aromatic heterocycles. The Bertz CT molecular complexity index is 831. The van der Waals surface area contributed by atoms with Crippen LogP contribution in [0.2, 0.25) is 5.02 Å². The molecule has 2 rings (SSSR count). The summed E-state index contributed by atoms with van der Waals surface area (Å²) in [5.41, 5.74) is 0.0668. The second kappa shape index (κ2) is 9.18. The van der Waals surface area contributed by atoms with Crippen LogP contribution in [0.5, 0.6) is 11.5 Å². The number of carbonyl (C=O) groups is 2. The summed E-state index contributed by atoms with van der Waals surface area (Å²) >= 11 is 5.87. The molecule has 144 valence electrons. The zero-order valence-electron chi connectivity index (χ0n) is 14.4. The highest BCUT2D eigenvalue weighted by Crippen LogP contribution is 2.26. The third kappa shape index (κ3) is 5.55. The van der Waals surface area contributed by atoms with E-state index in [2.05, 4.69) is 10.1 Å². The molecule has 0 aliphatic heterocycles. The lowest BCUT2D eigenvalue weighted by Crippen LogP contribution is -2.30. The Morgan fingerprint density at radius 2 is 1.81 bits per heavy atom. The van der Waals surface area contributed by atoms with E-state index in [4.69, 9.17) is 21.1 Å². The summed E-state index contributed by atoms with van der Waals surface area (Å²) in [5.74, 6) is -1.53. The first-order valence-corrected chi connectivity index (χ1v) is 8.09. The van der Waals surface area contributed by atoms with Gasteiger partial charge < -0.3 is 19.5 Å². The molecule has 1 amide bonds. The monoisotopic (exact) mass is 399 g/mol. The zero-order valence-corrected chi connectivity index (χ0v) is 15.1. The molecule has 0 unspecified atom stereocenters. The average molecular weight is 400 g/mol. The molecule has 0 spiro atoms. The number of rotatable bonds is 7. The molecule has 0 saturated carbocycles. The topological polar surface area (TPSA) is 73.9 Å². The summed E-state index contributed by atoms with van der Waals surface area (Å²) < 4.78 is 39.4. The van der Waals surface area contributed by atoms with Crippen molar-refractivity contribution >= 4 is 29.2 Å². The lowest BCUT2D eigenvalue weighted by molar-refractivity contribution is -0.123. The van der Waals surface area contributed by atoms with Crippen molar-refractivity contribution in [2.45, 2.75) is 19.6 Å². The Morgan fingerprint density at radius 3 is 2.48 bits per heavy atom. The van der Waals surface area contributed by atoms with Gasteiger partial charge in [-0.1, -0.05) is 23.7 Å². The minimum absolute atomic E-state index is 0.0195. The fourth-order valence-electron chi connectivity index (χ4n) is 2.12. The third-order valence-electron chi connectivity index (χ3n) is 3.40. The van der Waals surface area contributed by atoms with Crippen LogP contribution in [0.4, 0.5) is 14.5 Å². The van der Waals surface area contributed by atoms with E-state index in [1.54, 1.807) is 0 Å². The zero-order chi connectivity index (χ0) is 20.0. The fraction of sp³-hybridized carbons (Fsp3) is 0.222. The van der Waals surface area contributed by atoms with Gasteiger partial charge in [0.15, 0.2) is 6.10 Å². The summed E-state index contributed by atoms with van der Waals surface area (Å²) in [4.78, 5) is 24.5. The highest BCUT2D eigenvalue weighted by atomic mass is 35.5. The van der Waals surface area contributed by atoms with Crippen molar-refractivity contribution in [2.75, 3.05) is 12.4 Å². The van der Waals surface area contributed by atoms with E-state index in [0.717, 1.165) is 0 Å². The summed E-state index contributed by atoms with van der Waals surface area (Å²) in [7, 11) is 1.37. The number of carbonyl (C=O) groups excluding carboxylic acids is 2. The molecule has 27 heavy (non-hydrogen) atoms. The van der Waals surface area contributed by atoms with Crippen molar-refractivity contribution in [1.29, 1.82) is 0 Å². The first-order chi connectivity index (χ1) is 12.8. The van der Waals surface area contributed by atoms with Crippen molar-refractivity contribution in [1.82, 2.24) is 0 Å². The molecule has 1 N–H and O–H groups in total. The molecule has 6 nitrogen and oxygen atoms in total. The molecule has 0 bridgehead atoms.